The van der Waals surface area contributed by atoms with Gasteiger partial charge in [0.15, 0.2) is 0 Å². The number of anilines is 1. The van der Waals surface area contributed by atoms with E-state index in [1.807, 2.05) is 6.92 Å². The van der Waals surface area contributed by atoms with Crippen molar-refractivity contribution in [2.24, 2.45) is 0 Å². The van der Waals surface area contributed by atoms with E-state index in [1.165, 1.54) is 12.1 Å². The molecule has 0 saturated carbocycles. The standard InChI is InChI=1S/C13H13F2N3/c1-2-16-12-3-4-17-13(18-12)7-9-5-10(14)8-11(15)6-9/h3-6,8H,2,7H2,1H3,(H,16,17,18). The molecule has 3 nitrogen and oxygen atoms in total. The number of hydrogen-bond acceptors (Lipinski definition) is 3. The summed E-state index contributed by atoms with van der Waals surface area (Å²) in [5.41, 5.74) is 0.515. The van der Waals surface area contributed by atoms with E-state index in [2.05, 4.69) is 15.3 Å². The zero-order valence-corrected chi connectivity index (χ0v) is 9.95. The maximum Gasteiger partial charge on any atom is 0.135 e. The minimum absolute atomic E-state index is 0.300. The highest BCUT2D eigenvalue weighted by atomic mass is 19.1. The number of hydrogen-bond donors (Lipinski definition) is 1. The molecule has 18 heavy (non-hydrogen) atoms. The minimum atomic E-state index is -0.590. The SMILES string of the molecule is CCNc1ccnc(Cc2cc(F)cc(F)c2)n1. The second-order valence-electron chi connectivity index (χ2n) is 3.84. The van der Waals surface area contributed by atoms with Crippen molar-refractivity contribution in [3.05, 3.63) is 53.5 Å². The first-order valence-electron chi connectivity index (χ1n) is 5.68. The summed E-state index contributed by atoms with van der Waals surface area (Å²) in [5, 5.41) is 3.06. The number of benzene rings is 1. The molecule has 0 atom stereocenters. The van der Waals surface area contributed by atoms with Gasteiger partial charge in [0, 0.05) is 25.2 Å². The molecule has 1 aromatic heterocycles. The van der Waals surface area contributed by atoms with Crippen LogP contribution in [0, 0.1) is 11.6 Å². The molecule has 94 valence electrons. The highest BCUT2D eigenvalue weighted by molar-refractivity contribution is 5.33. The van der Waals surface area contributed by atoms with Crippen molar-refractivity contribution in [1.29, 1.82) is 0 Å². The molecule has 2 aromatic rings. The Labute approximate surface area is 104 Å². The average Bonchev–Trinajstić information content (AvgIpc) is 2.28. The van der Waals surface area contributed by atoms with E-state index in [1.54, 1.807) is 12.3 Å². The molecule has 0 unspecified atom stereocenters. The van der Waals surface area contributed by atoms with E-state index in [9.17, 15) is 8.78 Å². The van der Waals surface area contributed by atoms with Gasteiger partial charge >= 0.3 is 0 Å². The van der Waals surface area contributed by atoms with Crippen LogP contribution in [0.3, 0.4) is 0 Å². The monoisotopic (exact) mass is 249 g/mol. The van der Waals surface area contributed by atoms with Crippen LogP contribution in [0.2, 0.25) is 0 Å². The second kappa shape index (κ2) is 5.53. The summed E-state index contributed by atoms with van der Waals surface area (Å²) in [4.78, 5) is 8.33. The molecule has 2 rings (SSSR count). The minimum Gasteiger partial charge on any atom is -0.370 e. The summed E-state index contributed by atoms with van der Waals surface area (Å²) in [6.07, 6.45) is 1.92. The first-order chi connectivity index (χ1) is 8.67. The van der Waals surface area contributed by atoms with Crippen LogP contribution in [-0.2, 0) is 6.42 Å². The molecule has 5 heteroatoms. The predicted octanol–water partition coefficient (Wildman–Crippen LogP) is 2.78. The molecule has 0 aliphatic rings. The fraction of sp³-hybridized carbons (Fsp3) is 0.231. The topological polar surface area (TPSA) is 37.8 Å². The zero-order chi connectivity index (χ0) is 13.0. The van der Waals surface area contributed by atoms with Gasteiger partial charge in [-0.3, -0.25) is 0 Å². The molecule has 0 radical (unpaired) electrons. The van der Waals surface area contributed by atoms with Crippen LogP contribution in [0.5, 0.6) is 0 Å². The fourth-order valence-electron chi connectivity index (χ4n) is 1.66. The molecule has 0 bridgehead atoms. The number of rotatable bonds is 4. The van der Waals surface area contributed by atoms with Crippen molar-refractivity contribution in [2.75, 3.05) is 11.9 Å². The lowest BCUT2D eigenvalue weighted by Gasteiger charge is -2.05. The third-order valence-electron chi connectivity index (χ3n) is 2.35. The molecule has 0 spiro atoms. The highest BCUT2D eigenvalue weighted by Gasteiger charge is 2.04. The molecule has 1 N–H and O–H groups in total. The Balaban J connectivity index is 2.20. The Bertz CT molecular complexity index is 523. The number of nitrogens with zero attached hydrogens (tertiary/aromatic N) is 2. The first kappa shape index (κ1) is 12.4. The van der Waals surface area contributed by atoms with E-state index < -0.39 is 11.6 Å². The summed E-state index contributed by atoms with van der Waals surface area (Å²) in [7, 11) is 0. The fourth-order valence-corrected chi connectivity index (χ4v) is 1.66. The summed E-state index contributed by atoms with van der Waals surface area (Å²) in [6, 6.07) is 5.16. The van der Waals surface area contributed by atoms with Gasteiger partial charge in [-0.1, -0.05) is 0 Å². The lowest BCUT2D eigenvalue weighted by atomic mass is 10.1. The lowest BCUT2D eigenvalue weighted by Crippen LogP contribution is -2.03. The molecule has 1 aromatic carbocycles. The van der Waals surface area contributed by atoms with Gasteiger partial charge < -0.3 is 5.32 Å². The van der Waals surface area contributed by atoms with Crippen molar-refractivity contribution in [2.45, 2.75) is 13.3 Å². The predicted molar refractivity (Wildman–Crippen MR) is 65.4 cm³/mol. The van der Waals surface area contributed by atoms with Crippen molar-refractivity contribution < 1.29 is 8.78 Å². The average molecular weight is 249 g/mol. The van der Waals surface area contributed by atoms with Crippen molar-refractivity contribution in [1.82, 2.24) is 9.97 Å². The van der Waals surface area contributed by atoms with Gasteiger partial charge in [0.05, 0.1) is 0 Å². The molecular weight excluding hydrogens is 236 g/mol. The van der Waals surface area contributed by atoms with Crippen LogP contribution < -0.4 is 5.32 Å². The van der Waals surface area contributed by atoms with Crippen LogP contribution in [0.4, 0.5) is 14.6 Å². The third kappa shape index (κ3) is 3.23. The Morgan fingerprint density at radius 2 is 1.89 bits per heavy atom. The van der Waals surface area contributed by atoms with Gasteiger partial charge in [0.25, 0.3) is 0 Å². The van der Waals surface area contributed by atoms with Crippen LogP contribution in [0.15, 0.2) is 30.5 Å². The van der Waals surface area contributed by atoms with Crippen molar-refractivity contribution in [3.8, 4) is 0 Å². The Kier molecular flexibility index (Phi) is 3.82. The Hall–Kier alpha value is -2.04. The quantitative estimate of drug-likeness (QED) is 0.905. The summed E-state index contributed by atoms with van der Waals surface area (Å²) in [6.45, 7) is 2.72. The zero-order valence-electron chi connectivity index (χ0n) is 9.95. The number of nitrogens with one attached hydrogen (secondary N) is 1. The molecule has 0 aliphatic carbocycles. The second-order valence-corrected chi connectivity index (χ2v) is 3.84. The van der Waals surface area contributed by atoms with Crippen LogP contribution >= 0.6 is 0 Å². The van der Waals surface area contributed by atoms with Gasteiger partial charge in [-0.05, 0) is 30.7 Å². The lowest BCUT2D eigenvalue weighted by molar-refractivity contribution is 0.580. The summed E-state index contributed by atoms with van der Waals surface area (Å²) < 4.78 is 26.1. The molecule has 0 aliphatic heterocycles. The van der Waals surface area contributed by atoms with Gasteiger partial charge in [-0.25, -0.2) is 18.7 Å². The first-order valence-corrected chi connectivity index (χ1v) is 5.68. The summed E-state index contributed by atoms with van der Waals surface area (Å²) >= 11 is 0. The number of halogens is 2. The van der Waals surface area contributed by atoms with Crippen LogP contribution in [0.25, 0.3) is 0 Å². The van der Waals surface area contributed by atoms with Gasteiger partial charge in [0.1, 0.15) is 23.3 Å². The maximum atomic E-state index is 13.0. The summed E-state index contributed by atoms with van der Waals surface area (Å²) in [5.74, 6) is 0.0542. The van der Waals surface area contributed by atoms with Crippen molar-refractivity contribution >= 4 is 5.82 Å². The molecule has 1 heterocycles. The largest absolute Gasteiger partial charge is 0.370 e. The van der Waals surface area contributed by atoms with E-state index in [4.69, 9.17) is 0 Å². The Morgan fingerprint density at radius 3 is 2.56 bits per heavy atom. The van der Waals surface area contributed by atoms with E-state index >= 15 is 0 Å². The van der Waals surface area contributed by atoms with Gasteiger partial charge in [0.2, 0.25) is 0 Å². The van der Waals surface area contributed by atoms with Crippen molar-refractivity contribution in [3.63, 3.8) is 0 Å². The molecule has 0 amide bonds. The number of aromatic nitrogens is 2. The van der Waals surface area contributed by atoms with Gasteiger partial charge in [-0.15, -0.1) is 0 Å². The van der Waals surface area contributed by atoms with Gasteiger partial charge in [-0.2, -0.15) is 0 Å². The highest BCUT2D eigenvalue weighted by Crippen LogP contribution is 2.12. The van der Waals surface area contributed by atoms with E-state index in [-0.39, 0.29) is 0 Å². The van der Waals surface area contributed by atoms with E-state index in [0.717, 1.165) is 12.6 Å². The Morgan fingerprint density at radius 1 is 1.17 bits per heavy atom. The smallest absolute Gasteiger partial charge is 0.135 e. The molecule has 0 fully saturated rings. The normalized spacial score (nSPS) is 10.4. The van der Waals surface area contributed by atoms with Crippen LogP contribution in [0.1, 0.15) is 18.3 Å². The van der Waals surface area contributed by atoms with E-state index in [0.29, 0.717) is 23.6 Å². The molecular formula is C13H13F2N3. The molecule has 0 saturated heterocycles. The maximum absolute atomic E-state index is 13.0. The van der Waals surface area contributed by atoms with Crippen LogP contribution in [-0.4, -0.2) is 16.5 Å². The third-order valence-corrected chi connectivity index (χ3v) is 2.35.